The summed E-state index contributed by atoms with van der Waals surface area (Å²) in [5.41, 5.74) is 1.94. The van der Waals surface area contributed by atoms with Gasteiger partial charge in [-0.3, -0.25) is 0 Å². The Bertz CT molecular complexity index is 596. The number of hydrogen-bond acceptors (Lipinski definition) is 4. The smallest absolute Gasteiger partial charge is 0.410 e. The summed E-state index contributed by atoms with van der Waals surface area (Å²) < 4.78 is 10.1. The molecule has 0 radical (unpaired) electrons. The third kappa shape index (κ3) is 2.98. The average Bonchev–Trinajstić information content (AvgIpc) is 3.13. The molecule has 1 saturated heterocycles. The Hall–Kier alpha value is -2.30. The minimum atomic E-state index is -0.361. The average molecular weight is 301 g/mol. The molecule has 1 heterocycles. The van der Waals surface area contributed by atoms with Crippen LogP contribution in [0, 0.1) is 5.92 Å². The van der Waals surface area contributed by atoms with Gasteiger partial charge in [0.25, 0.3) is 0 Å². The lowest BCUT2D eigenvalue weighted by Gasteiger charge is -2.28. The number of ether oxygens (including phenoxy) is 2. The van der Waals surface area contributed by atoms with Gasteiger partial charge in [-0.1, -0.05) is 30.3 Å². The maximum Gasteiger partial charge on any atom is 0.410 e. The molecule has 0 spiro atoms. The van der Waals surface area contributed by atoms with E-state index in [4.69, 9.17) is 4.74 Å². The van der Waals surface area contributed by atoms with Crippen molar-refractivity contribution in [2.24, 2.45) is 5.92 Å². The molecule has 2 atom stereocenters. The van der Waals surface area contributed by atoms with Gasteiger partial charge in [0.2, 0.25) is 0 Å². The zero-order valence-electron chi connectivity index (χ0n) is 12.5. The third-order valence-corrected chi connectivity index (χ3v) is 4.28. The van der Waals surface area contributed by atoms with Crippen molar-refractivity contribution in [3.05, 3.63) is 47.5 Å². The monoisotopic (exact) mass is 301 g/mol. The van der Waals surface area contributed by atoms with Crippen LogP contribution in [0.1, 0.15) is 18.4 Å². The number of rotatable bonds is 3. The summed E-state index contributed by atoms with van der Waals surface area (Å²) in [4.78, 5) is 25.4. The minimum absolute atomic E-state index is 0.0210. The fourth-order valence-electron chi connectivity index (χ4n) is 3.26. The maximum atomic E-state index is 12.3. The van der Waals surface area contributed by atoms with Crippen LogP contribution in [0.4, 0.5) is 4.79 Å². The van der Waals surface area contributed by atoms with Crippen molar-refractivity contribution in [3.63, 3.8) is 0 Å². The molecule has 116 valence electrons. The second kappa shape index (κ2) is 6.22. The molecule has 0 aromatic heterocycles. The first-order valence-electron chi connectivity index (χ1n) is 7.43. The number of nitrogens with zero attached hydrogens (tertiary/aromatic N) is 1. The van der Waals surface area contributed by atoms with Crippen molar-refractivity contribution in [1.29, 1.82) is 0 Å². The van der Waals surface area contributed by atoms with Gasteiger partial charge < -0.3 is 14.4 Å². The van der Waals surface area contributed by atoms with Crippen molar-refractivity contribution in [2.75, 3.05) is 13.7 Å². The summed E-state index contributed by atoms with van der Waals surface area (Å²) in [7, 11) is 1.36. The Labute approximate surface area is 129 Å². The molecule has 2 bridgehead atoms. The maximum absolute atomic E-state index is 12.3. The van der Waals surface area contributed by atoms with Gasteiger partial charge in [0.1, 0.15) is 6.61 Å². The SMILES string of the molecule is COC(=O)/C=C1\CC2CC1N(C(=O)OCc1ccccc1)C2. The van der Waals surface area contributed by atoms with E-state index in [9.17, 15) is 9.59 Å². The lowest BCUT2D eigenvalue weighted by Crippen LogP contribution is -2.39. The Morgan fingerprint density at radius 3 is 2.77 bits per heavy atom. The topological polar surface area (TPSA) is 55.8 Å². The number of esters is 1. The predicted molar refractivity (Wildman–Crippen MR) is 79.9 cm³/mol. The molecule has 1 aromatic rings. The van der Waals surface area contributed by atoms with E-state index in [2.05, 4.69) is 4.74 Å². The molecule has 1 aliphatic heterocycles. The summed E-state index contributed by atoms with van der Waals surface area (Å²) in [6, 6.07) is 9.58. The molecule has 2 fully saturated rings. The number of fused-ring (bicyclic) bond motifs is 2. The molecule has 3 rings (SSSR count). The Morgan fingerprint density at radius 1 is 1.32 bits per heavy atom. The lowest BCUT2D eigenvalue weighted by atomic mass is 10.1. The van der Waals surface area contributed by atoms with E-state index in [-0.39, 0.29) is 24.7 Å². The van der Waals surface area contributed by atoms with Gasteiger partial charge in [0.05, 0.1) is 13.2 Å². The van der Waals surface area contributed by atoms with Crippen LogP contribution in [0.5, 0.6) is 0 Å². The largest absolute Gasteiger partial charge is 0.466 e. The molecule has 1 aromatic carbocycles. The van der Waals surface area contributed by atoms with E-state index >= 15 is 0 Å². The summed E-state index contributed by atoms with van der Waals surface area (Å²) >= 11 is 0. The molecule has 0 N–H and O–H groups in total. The van der Waals surface area contributed by atoms with E-state index in [1.807, 2.05) is 30.3 Å². The van der Waals surface area contributed by atoms with Crippen LogP contribution in [0.15, 0.2) is 42.0 Å². The van der Waals surface area contributed by atoms with Gasteiger partial charge in [0.15, 0.2) is 0 Å². The number of hydrogen-bond donors (Lipinski definition) is 0. The molecule has 1 saturated carbocycles. The zero-order valence-corrected chi connectivity index (χ0v) is 12.5. The number of methoxy groups -OCH3 is 1. The highest BCUT2D eigenvalue weighted by Crippen LogP contribution is 2.41. The highest BCUT2D eigenvalue weighted by Gasteiger charge is 2.44. The fraction of sp³-hybridized carbons (Fsp3) is 0.412. The molecule has 1 aliphatic carbocycles. The normalized spacial score (nSPS) is 24.6. The standard InChI is InChI=1S/C17H19NO4/c1-21-16(19)9-14-7-13-8-15(14)18(10-13)17(20)22-11-12-5-3-2-4-6-12/h2-6,9,13,15H,7-8,10-11H2,1H3/b14-9+. The number of carbonyl (C=O) groups excluding carboxylic acids is 2. The van der Waals surface area contributed by atoms with Crippen molar-refractivity contribution in [2.45, 2.75) is 25.5 Å². The van der Waals surface area contributed by atoms with Gasteiger partial charge in [0, 0.05) is 12.6 Å². The van der Waals surface area contributed by atoms with Crippen LogP contribution in [-0.4, -0.2) is 36.7 Å². The van der Waals surface area contributed by atoms with Gasteiger partial charge in [-0.15, -0.1) is 0 Å². The number of likely N-dealkylation sites (tertiary alicyclic amines) is 1. The summed E-state index contributed by atoms with van der Waals surface area (Å²) in [5.74, 6) is 0.0605. The molecule has 5 heteroatoms. The first-order valence-corrected chi connectivity index (χ1v) is 7.43. The van der Waals surface area contributed by atoms with Gasteiger partial charge in [-0.25, -0.2) is 9.59 Å². The van der Waals surface area contributed by atoms with Crippen LogP contribution >= 0.6 is 0 Å². The van der Waals surface area contributed by atoms with Crippen molar-refractivity contribution < 1.29 is 19.1 Å². The van der Waals surface area contributed by atoms with Gasteiger partial charge >= 0.3 is 12.1 Å². The number of piperidine rings is 1. The summed E-state index contributed by atoms with van der Waals surface area (Å²) in [5, 5.41) is 0. The Kier molecular flexibility index (Phi) is 4.13. The van der Waals surface area contributed by atoms with E-state index in [1.165, 1.54) is 13.2 Å². The third-order valence-electron chi connectivity index (χ3n) is 4.28. The van der Waals surface area contributed by atoms with Crippen LogP contribution in [0.2, 0.25) is 0 Å². The van der Waals surface area contributed by atoms with E-state index in [0.717, 1.165) is 24.0 Å². The van der Waals surface area contributed by atoms with Crippen molar-refractivity contribution in [1.82, 2.24) is 4.90 Å². The molecule has 2 unspecified atom stereocenters. The summed E-state index contributed by atoms with van der Waals surface area (Å²) in [6.45, 7) is 0.973. The summed E-state index contributed by atoms with van der Waals surface area (Å²) in [6.07, 6.45) is 2.97. The first kappa shape index (κ1) is 14.6. The van der Waals surface area contributed by atoms with Crippen LogP contribution in [0.3, 0.4) is 0 Å². The number of benzene rings is 1. The first-order chi connectivity index (χ1) is 10.7. The molecule has 1 amide bonds. The Morgan fingerprint density at radius 2 is 2.09 bits per heavy atom. The molecular formula is C17H19NO4. The van der Waals surface area contributed by atoms with Gasteiger partial charge in [-0.2, -0.15) is 0 Å². The molecule has 2 aliphatic rings. The van der Waals surface area contributed by atoms with Crippen LogP contribution in [-0.2, 0) is 20.9 Å². The molecule has 22 heavy (non-hydrogen) atoms. The highest BCUT2D eigenvalue weighted by molar-refractivity contribution is 5.83. The minimum Gasteiger partial charge on any atom is -0.466 e. The number of amides is 1. The quantitative estimate of drug-likeness (QED) is 0.636. The van der Waals surface area contributed by atoms with Crippen molar-refractivity contribution >= 4 is 12.1 Å². The molecule has 5 nitrogen and oxygen atoms in total. The van der Waals surface area contributed by atoms with E-state index < -0.39 is 0 Å². The van der Waals surface area contributed by atoms with E-state index in [1.54, 1.807) is 4.90 Å². The van der Waals surface area contributed by atoms with Crippen LogP contribution in [0.25, 0.3) is 0 Å². The van der Waals surface area contributed by atoms with Gasteiger partial charge in [-0.05, 0) is 29.9 Å². The predicted octanol–water partition coefficient (Wildman–Crippen LogP) is 2.52. The van der Waals surface area contributed by atoms with Crippen LogP contribution < -0.4 is 0 Å². The molecular weight excluding hydrogens is 282 g/mol. The lowest BCUT2D eigenvalue weighted by molar-refractivity contribution is -0.134. The van der Waals surface area contributed by atoms with Crippen molar-refractivity contribution in [3.8, 4) is 0 Å². The van der Waals surface area contributed by atoms with E-state index in [0.29, 0.717) is 12.5 Å². The second-order valence-corrected chi connectivity index (χ2v) is 5.76. The number of carbonyl (C=O) groups is 2. The fourth-order valence-corrected chi connectivity index (χ4v) is 3.26. The second-order valence-electron chi connectivity index (χ2n) is 5.76. The zero-order chi connectivity index (χ0) is 15.5. The Balaban J connectivity index is 1.62. The highest BCUT2D eigenvalue weighted by atomic mass is 16.6.